The first-order valence-electron chi connectivity index (χ1n) is 13.2. The van der Waals surface area contributed by atoms with Crippen molar-refractivity contribution in [3.63, 3.8) is 0 Å². The summed E-state index contributed by atoms with van der Waals surface area (Å²) in [6.45, 7) is 4.34. The highest BCUT2D eigenvalue weighted by atomic mass is 16.6. The summed E-state index contributed by atoms with van der Waals surface area (Å²) in [5.41, 5.74) is -2.60. The molecular weight excluding hydrogens is 542 g/mol. The summed E-state index contributed by atoms with van der Waals surface area (Å²) in [5, 5.41) is 32.5. The van der Waals surface area contributed by atoms with Crippen molar-refractivity contribution < 1.29 is 58.3 Å². The van der Waals surface area contributed by atoms with Crippen LogP contribution in [-0.2, 0) is 43.0 Å². The molecule has 1 saturated carbocycles. The zero-order chi connectivity index (χ0) is 30.4. The minimum atomic E-state index is -1.49. The van der Waals surface area contributed by atoms with E-state index in [1.54, 1.807) is 13.8 Å². The van der Waals surface area contributed by atoms with Gasteiger partial charge in [-0.2, -0.15) is 0 Å². The molecule has 0 bridgehead atoms. The van der Waals surface area contributed by atoms with E-state index in [1.807, 2.05) is 0 Å². The molecule has 13 nitrogen and oxygen atoms in total. The Balaban J connectivity index is 1.92. The Labute approximate surface area is 235 Å². The van der Waals surface area contributed by atoms with Gasteiger partial charge < -0.3 is 34.8 Å². The molecule has 0 radical (unpaired) electrons. The number of carboxylic acid groups (broad SMARTS) is 2. The van der Waals surface area contributed by atoms with Crippen LogP contribution >= 0.6 is 0 Å². The number of aliphatic carboxylic acids is 2. The number of aliphatic hydroxyl groups excluding tert-OH is 1. The Morgan fingerprint density at radius 2 is 1.88 bits per heavy atom. The summed E-state index contributed by atoms with van der Waals surface area (Å²) in [7, 11) is 1.37. The SMILES string of the molecule is COC[C@H]1OC(=O)/C(=C\N[C@@H](CCC(=O)O)C(=O)O)C2=C(O)C(=O)C3=C([C@H](OC(C)=O)C[C@]4(C)C(=O)CC[C@@H]34)[C@]21C. The van der Waals surface area contributed by atoms with E-state index >= 15 is 0 Å². The molecule has 3 aliphatic carbocycles. The lowest BCUT2D eigenvalue weighted by Crippen LogP contribution is -2.57. The summed E-state index contributed by atoms with van der Waals surface area (Å²) in [5.74, 6) is -6.53. The molecule has 4 rings (SSSR count). The van der Waals surface area contributed by atoms with Gasteiger partial charge in [-0.15, -0.1) is 0 Å². The molecular formula is C28H33NO12. The molecule has 0 aromatic rings. The number of ether oxygens (including phenoxy) is 3. The van der Waals surface area contributed by atoms with Gasteiger partial charge >= 0.3 is 23.9 Å². The van der Waals surface area contributed by atoms with Gasteiger partial charge in [0.05, 0.1) is 17.6 Å². The number of aliphatic hydroxyl groups is 1. The molecule has 0 aromatic heterocycles. The second-order valence-electron chi connectivity index (χ2n) is 11.2. The summed E-state index contributed by atoms with van der Waals surface area (Å²) in [4.78, 5) is 75.1. The second kappa shape index (κ2) is 10.8. The zero-order valence-corrected chi connectivity index (χ0v) is 23.1. The Morgan fingerprint density at radius 3 is 2.46 bits per heavy atom. The van der Waals surface area contributed by atoms with Crippen LogP contribution in [0.2, 0.25) is 0 Å². The fraction of sp³-hybridized carbons (Fsp3) is 0.571. The normalized spacial score (nSPS) is 32.6. The van der Waals surface area contributed by atoms with E-state index in [9.17, 15) is 39.0 Å². The van der Waals surface area contributed by atoms with Crippen LogP contribution in [0, 0.1) is 16.7 Å². The van der Waals surface area contributed by atoms with Gasteiger partial charge in [0.1, 0.15) is 24.0 Å². The third kappa shape index (κ3) is 4.81. The monoisotopic (exact) mass is 575 g/mol. The second-order valence-corrected chi connectivity index (χ2v) is 11.2. The average Bonchev–Trinajstić information content (AvgIpc) is 3.17. The fourth-order valence-electron chi connectivity index (χ4n) is 6.83. The highest BCUT2D eigenvalue weighted by molar-refractivity contribution is 6.14. The molecule has 6 atom stereocenters. The van der Waals surface area contributed by atoms with Crippen LogP contribution in [-0.4, -0.2) is 82.7 Å². The molecule has 0 spiro atoms. The first-order chi connectivity index (χ1) is 19.2. The van der Waals surface area contributed by atoms with Crippen molar-refractivity contribution in [2.45, 2.75) is 71.1 Å². The van der Waals surface area contributed by atoms with Crippen LogP contribution in [0.15, 0.2) is 34.3 Å². The maximum Gasteiger partial charge on any atom is 0.340 e. The summed E-state index contributed by atoms with van der Waals surface area (Å²) >= 11 is 0. The number of hydrogen-bond donors (Lipinski definition) is 4. The predicted molar refractivity (Wildman–Crippen MR) is 137 cm³/mol. The summed E-state index contributed by atoms with van der Waals surface area (Å²) < 4.78 is 16.8. The van der Waals surface area contributed by atoms with E-state index in [1.165, 1.54) is 14.0 Å². The molecule has 41 heavy (non-hydrogen) atoms. The molecule has 4 N–H and O–H groups in total. The van der Waals surface area contributed by atoms with E-state index in [0.717, 1.165) is 6.20 Å². The summed E-state index contributed by atoms with van der Waals surface area (Å²) in [6.07, 6.45) is -1.37. The van der Waals surface area contributed by atoms with E-state index < -0.39 is 76.8 Å². The number of esters is 2. The van der Waals surface area contributed by atoms with Gasteiger partial charge in [-0.05, 0) is 25.3 Å². The summed E-state index contributed by atoms with van der Waals surface area (Å²) in [6, 6.07) is -1.42. The van der Waals surface area contributed by atoms with Gasteiger partial charge in [-0.3, -0.25) is 19.2 Å². The van der Waals surface area contributed by atoms with Gasteiger partial charge in [-0.25, -0.2) is 9.59 Å². The Kier molecular flexibility index (Phi) is 7.87. The largest absolute Gasteiger partial charge is 0.504 e. The number of cyclic esters (lactones) is 1. The lowest BCUT2D eigenvalue weighted by Gasteiger charge is -2.53. The highest BCUT2D eigenvalue weighted by Gasteiger charge is 2.64. The molecule has 1 saturated heterocycles. The van der Waals surface area contributed by atoms with Crippen molar-refractivity contribution in [2.75, 3.05) is 13.7 Å². The van der Waals surface area contributed by atoms with Gasteiger partial charge in [0.25, 0.3) is 0 Å². The molecule has 0 aromatic carbocycles. The number of ketones is 2. The number of carbonyl (C=O) groups is 6. The van der Waals surface area contributed by atoms with Crippen LogP contribution in [0.25, 0.3) is 0 Å². The fourth-order valence-corrected chi connectivity index (χ4v) is 6.83. The zero-order valence-electron chi connectivity index (χ0n) is 23.1. The smallest absolute Gasteiger partial charge is 0.340 e. The third-order valence-corrected chi connectivity index (χ3v) is 8.79. The number of carboxylic acids is 2. The first-order valence-corrected chi connectivity index (χ1v) is 13.2. The van der Waals surface area contributed by atoms with Crippen molar-refractivity contribution in [1.82, 2.24) is 5.32 Å². The highest BCUT2D eigenvalue weighted by Crippen LogP contribution is 2.62. The van der Waals surface area contributed by atoms with Crippen LogP contribution in [0.4, 0.5) is 0 Å². The van der Waals surface area contributed by atoms with Gasteiger partial charge in [0.2, 0.25) is 5.78 Å². The van der Waals surface area contributed by atoms with E-state index in [0.29, 0.717) is 12.0 Å². The van der Waals surface area contributed by atoms with Gasteiger partial charge in [-0.1, -0.05) is 6.92 Å². The van der Waals surface area contributed by atoms with E-state index in [-0.39, 0.29) is 48.4 Å². The third-order valence-electron chi connectivity index (χ3n) is 8.79. The van der Waals surface area contributed by atoms with Gasteiger partial charge in [0, 0.05) is 62.0 Å². The molecule has 222 valence electrons. The molecule has 1 aliphatic heterocycles. The maximum atomic E-state index is 13.9. The molecule has 0 unspecified atom stereocenters. The topological polar surface area (TPSA) is 203 Å². The Morgan fingerprint density at radius 1 is 1.20 bits per heavy atom. The Hall–Kier alpha value is -4.00. The van der Waals surface area contributed by atoms with Crippen LogP contribution in [0.5, 0.6) is 0 Å². The molecule has 2 fully saturated rings. The maximum absolute atomic E-state index is 13.9. The minimum Gasteiger partial charge on any atom is -0.504 e. The van der Waals surface area contributed by atoms with Crippen molar-refractivity contribution in [3.05, 3.63) is 34.3 Å². The quantitative estimate of drug-likeness (QED) is 0.227. The Bertz CT molecular complexity index is 1320. The van der Waals surface area contributed by atoms with Crippen molar-refractivity contribution in [1.29, 1.82) is 0 Å². The van der Waals surface area contributed by atoms with Crippen molar-refractivity contribution in [2.24, 2.45) is 16.7 Å². The lowest BCUT2D eigenvalue weighted by molar-refractivity contribution is -0.160. The molecule has 1 heterocycles. The standard InChI is InChI=1S/C28H33NO12/c1-12(30)40-16-9-27(2)14(5-7-17(27)31)20-22(16)28(3)18(11-39-4)41-26(38)13(21(28)24(35)23(20)34)10-29-15(25(36)37)6-8-19(32)33/h10,14-16,18,29,35H,5-9,11H2,1-4H3,(H,32,33)(H,36,37)/b13-10-/t14-,15-,16+,18+,27-,28-/m0/s1. The van der Waals surface area contributed by atoms with Crippen LogP contribution in [0.3, 0.4) is 0 Å². The molecule has 13 heteroatoms. The number of hydrogen-bond acceptors (Lipinski definition) is 11. The average molecular weight is 576 g/mol. The predicted octanol–water partition coefficient (Wildman–Crippen LogP) is 1.37. The number of Topliss-reactive ketones (excluding diaryl/α,β-unsaturated/α-hetero) is 2. The molecule has 4 aliphatic rings. The van der Waals surface area contributed by atoms with E-state index in [2.05, 4.69) is 5.32 Å². The van der Waals surface area contributed by atoms with E-state index in [4.69, 9.17) is 19.3 Å². The number of allylic oxidation sites excluding steroid dienone is 1. The number of carbonyl (C=O) groups excluding carboxylic acids is 4. The first kappa shape index (κ1) is 30.0. The van der Waals surface area contributed by atoms with Crippen molar-refractivity contribution >= 4 is 35.4 Å². The van der Waals surface area contributed by atoms with Crippen LogP contribution < -0.4 is 5.32 Å². The number of nitrogens with one attached hydrogen (secondary N) is 1. The van der Waals surface area contributed by atoms with Crippen molar-refractivity contribution in [3.8, 4) is 0 Å². The molecule has 0 amide bonds. The number of fused-ring (bicyclic) bond motifs is 4. The number of rotatable bonds is 9. The van der Waals surface area contributed by atoms with Gasteiger partial charge in [0.15, 0.2) is 5.76 Å². The minimum absolute atomic E-state index is 0.0764. The lowest BCUT2D eigenvalue weighted by atomic mass is 9.53. The number of methoxy groups -OCH3 is 1. The van der Waals surface area contributed by atoms with Crippen LogP contribution in [0.1, 0.15) is 52.9 Å².